The van der Waals surface area contributed by atoms with Crippen LogP contribution in [0.2, 0.25) is 0 Å². The zero-order chi connectivity index (χ0) is 11.1. The third-order valence-electron chi connectivity index (χ3n) is 3.66. The molecule has 2 heterocycles. The van der Waals surface area contributed by atoms with Crippen molar-refractivity contribution in [2.75, 3.05) is 25.1 Å². The molecule has 2 aliphatic rings. The average molecular weight is 276 g/mol. The third-order valence-corrected chi connectivity index (χ3v) is 4.06. The molecule has 0 N–H and O–H groups in total. The third kappa shape index (κ3) is 1.94. The zero-order valence-electron chi connectivity index (χ0n) is 9.33. The number of carbonyl (C=O) groups is 1. The molecule has 2 saturated heterocycles. The first-order valence-electron chi connectivity index (χ1n) is 5.49. The Kier molecular flexibility index (Phi) is 3.08. The van der Waals surface area contributed by atoms with Crippen LogP contribution < -0.4 is 0 Å². The molecule has 4 heteroatoms. The number of nitrogens with zero attached hydrogens (tertiary/aromatic N) is 1. The standard InChI is InChI=1S/C11H18BrNO2/c1-11(2)7-13(10(14)3-4-12)9-6-15-5-8(9)11/h8-9H,3-7H2,1-2H3. The molecule has 15 heavy (non-hydrogen) atoms. The van der Waals surface area contributed by atoms with Gasteiger partial charge in [0.05, 0.1) is 19.3 Å². The van der Waals surface area contributed by atoms with E-state index in [1.54, 1.807) is 0 Å². The normalized spacial score (nSPS) is 33.1. The lowest BCUT2D eigenvalue weighted by atomic mass is 9.80. The minimum atomic E-state index is 0.211. The van der Waals surface area contributed by atoms with Crippen molar-refractivity contribution >= 4 is 21.8 Å². The second kappa shape index (κ2) is 4.06. The van der Waals surface area contributed by atoms with Crippen LogP contribution in [0.25, 0.3) is 0 Å². The molecule has 2 aliphatic heterocycles. The maximum atomic E-state index is 11.9. The van der Waals surface area contributed by atoms with E-state index in [9.17, 15) is 4.79 Å². The van der Waals surface area contributed by atoms with Crippen LogP contribution in [-0.2, 0) is 9.53 Å². The highest BCUT2D eigenvalue weighted by Crippen LogP contribution is 2.43. The van der Waals surface area contributed by atoms with Gasteiger partial charge in [0.1, 0.15) is 0 Å². The highest BCUT2D eigenvalue weighted by molar-refractivity contribution is 9.09. The molecule has 3 nitrogen and oxygen atoms in total. The summed E-state index contributed by atoms with van der Waals surface area (Å²) in [6.45, 7) is 6.90. The van der Waals surface area contributed by atoms with Crippen LogP contribution in [0.3, 0.4) is 0 Å². The number of fused-ring (bicyclic) bond motifs is 1. The van der Waals surface area contributed by atoms with Crippen molar-refractivity contribution in [3.05, 3.63) is 0 Å². The van der Waals surface area contributed by atoms with E-state index in [1.165, 1.54) is 0 Å². The minimum Gasteiger partial charge on any atom is -0.379 e. The Hall–Kier alpha value is -0.0900. The fourth-order valence-electron chi connectivity index (χ4n) is 2.77. The number of amides is 1. The van der Waals surface area contributed by atoms with E-state index in [1.807, 2.05) is 4.90 Å². The number of hydrogen-bond donors (Lipinski definition) is 0. The van der Waals surface area contributed by atoms with Crippen LogP contribution in [0.1, 0.15) is 20.3 Å². The van der Waals surface area contributed by atoms with Crippen molar-refractivity contribution in [1.29, 1.82) is 0 Å². The Labute approximate surface area is 99.3 Å². The molecule has 2 fully saturated rings. The van der Waals surface area contributed by atoms with Crippen LogP contribution in [0.15, 0.2) is 0 Å². The van der Waals surface area contributed by atoms with Gasteiger partial charge in [0.25, 0.3) is 0 Å². The van der Waals surface area contributed by atoms with Crippen LogP contribution in [0, 0.1) is 11.3 Å². The lowest BCUT2D eigenvalue weighted by Crippen LogP contribution is -2.38. The van der Waals surface area contributed by atoms with Gasteiger partial charge in [-0.15, -0.1) is 0 Å². The van der Waals surface area contributed by atoms with E-state index < -0.39 is 0 Å². The van der Waals surface area contributed by atoms with Gasteiger partial charge in [-0.25, -0.2) is 0 Å². The fraction of sp³-hybridized carbons (Fsp3) is 0.909. The summed E-state index contributed by atoms with van der Waals surface area (Å²) in [7, 11) is 0. The minimum absolute atomic E-state index is 0.211. The van der Waals surface area contributed by atoms with Gasteiger partial charge < -0.3 is 9.64 Å². The number of likely N-dealkylation sites (tertiary alicyclic amines) is 1. The molecule has 0 aliphatic carbocycles. The molecule has 1 amide bonds. The Morgan fingerprint density at radius 2 is 2.27 bits per heavy atom. The largest absolute Gasteiger partial charge is 0.379 e. The topological polar surface area (TPSA) is 29.5 Å². The molecular weight excluding hydrogens is 258 g/mol. The van der Waals surface area contributed by atoms with Crippen LogP contribution in [0.4, 0.5) is 0 Å². The first kappa shape index (κ1) is 11.4. The second-order valence-electron chi connectivity index (χ2n) is 5.16. The molecule has 0 aromatic rings. The molecule has 2 atom stereocenters. The molecule has 0 saturated carbocycles. The molecule has 0 bridgehead atoms. The number of rotatable bonds is 2. The summed E-state index contributed by atoms with van der Waals surface area (Å²) in [4.78, 5) is 13.9. The van der Waals surface area contributed by atoms with Crippen molar-refractivity contribution in [3.63, 3.8) is 0 Å². The Balaban J connectivity index is 2.11. The smallest absolute Gasteiger partial charge is 0.223 e. The van der Waals surface area contributed by atoms with Crippen LogP contribution in [0.5, 0.6) is 0 Å². The van der Waals surface area contributed by atoms with Crippen LogP contribution >= 0.6 is 15.9 Å². The maximum Gasteiger partial charge on any atom is 0.223 e. The van der Waals surface area contributed by atoms with Gasteiger partial charge in [-0.05, 0) is 5.41 Å². The van der Waals surface area contributed by atoms with Gasteiger partial charge in [0.2, 0.25) is 5.91 Å². The van der Waals surface area contributed by atoms with Gasteiger partial charge in [0.15, 0.2) is 0 Å². The first-order chi connectivity index (χ1) is 7.06. The lowest BCUT2D eigenvalue weighted by Gasteiger charge is -2.23. The van der Waals surface area contributed by atoms with Gasteiger partial charge in [0, 0.05) is 24.2 Å². The summed E-state index contributed by atoms with van der Waals surface area (Å²) in [5.74, 6) is 0.787. The van der Waals surface area contributed by atoms with E-state index in [2.05, 4.69) is 29.8 Å². The number of hydrogen-bond acceptors (Lipinski definition) is 2. The van der Waals surface area contributed by atoms with Crippen molar-refractivity contribution < 1.29 is 9.53 Å². The predicted molar refractivity (Wildman–Crippen MR) is 62.0 cm³/mol. The zero-order valence-corrected chi connectivity index (χ0v) is 10.9. The molecule has 86 valence electrons. The second-order valence-corrected chi connectivity index (χ2v) is 5.95. The SMILES string of the molecule is CC1(C)CN(C(=O)CCBr)C2COCC21. The molecule has 2 rings (SSSR count). The summed E-state index contributed by atoms with van der Waals surface area (Å²) < 4.78 is 5.50. The predicted octanol–water partition coefficient (Wildman–Crippen LogP) is 1.65. The van der Waals surface area contributed by atoms with Gasteiger partial charge in [-0.3, -0.25) is 4.79 Å². The fourth-order valence-corrected chi connectivity index (χ4v) is 3.11. The molecule has 0 spiro atoms. The summed E-state index contributed by atoms with van der Waals surface area (Å²) in [6.07, 6.45) is 0.597. The Morgan fingerprint density at radius 1 is 1.53 bits per heavy atom. The van der Waals surface area contributed by atoms with Crippen LogP contribution in [-0.4, -0.2) is 41.9 Å². The summed E-state index contributed by atoms with van der Waals surface area (Å²) in [5.41, 5.74) is 0.211. The van der Waals surface area contributed by atoms with E-state index in [0.717, 1.165) is 25.1 Å². The monoisotopic (exact) mass is 275 g/mol. The highest BCUT2D eigenvalue weighted by atomic mass is 79.9. The van der Waals surface area contributed by atoms with Gasteiger partial charge in [-0.1, -0.05) is 29.8 Å². The average Bonchev–Trinajstić information content (AvgIpc) is 2.70. The number of alkyl halides is 1. The maximum absolute atomic E-state index is 11.9. The van der Waals surface area contributed by atoms with E-state index >= 15 is 0 Å². The van der Waals surface area contributed by atoms with Crippen molar-refractivity contribution in [1.82, 2.24) is 4.90 Å². The first-order valence-corrected chi connectivity index (χ1v) is 6.61. The quantitative estimate of drug-likeness (QED) is 0.718. The molecule has 0 aromatic carbocycles. The Bertz CT molecular complexity index is 267. The molecule has 0 aromatic heterocycles. The number of halogens is 1. The molecular formula is C11H18BrNO2. The molecule has 0 radical (unpaired) electrons. The van der Waals surface area contributed by atoms with Gasteiger partial charge in [-0.2, -0.15) is 0 Å². The van der Waals surface area contributed by atoms with E-state index in [0.29, 0.717) is 18.4 Å². The Morgan fingerprint density at radius 3 is 2.93 bits per heavy atom. The van der Waals surface area contributed by atoms with E-state index in [4.69, 9.17) is 4.74 Å². The van der Waals surface area contributed by atoms with Crippen molar-refractivity contribution in [2.24, 2.45) is 11.3 Å². The van der Waals surface area contributed by atoms with E-state index in [-0.39, 0.29) is 11.3 Å². The van der Waals surface area contributed by atoms with Gasteiger partial charge >= 0.3 is 0 Å². The lowest BCUT2D eigenvalue weighted by molar-refractivity contribution is -0.132. The summed E-state index contributed by atoms with van der Waals surface area (Å²) in [6, 6.07) is 0.326. The summed E-state index contributed by atoms with van der Waals surface area (Å²) in [5, 5.41) is 0.751. The highest BCUT2D eigenvalue weighted by Gasteiger charge is 2.51. The summed E-state index contributed by atoms with van der Waals surface area (Å²) >= 11 is 3.32. The molecule has 2 unspecified atom stereocenters. The number of carbonyl (C=O) groups excluding carboxylic acids is 1. The van der Waals surface area contributed by atoms with Crippen molar-refractivity contribution in [3.8, 4) is 0 Å². The van der Waals surface area contributed by atoms with Crippen molar-refractivity contribution in [2.45, 2.75) is 26.3 Å². The number of ether oxygens (including phenoxy) is 1.